The lowest BCUT2D eigenvalue weighted by Crippen LogP contribution is -2.44. The van der Waals surface area contributed by atoms with Gasteiger partial charge in [0.2, 0.25) is 0 Å². The molecule has 1 fully saturated rings. The normalized spacial score (nSPS) is 17.8. The van der Waals surface area contributed by atoms with E-state index in [0.717, 1.165) is 17.7 Å². The maximum Gasteiger partial charge on any atom is 0.255 e. The highest BCUT2D eigenvalue weighted by atomic mass is 16.5. The van der Waals surface area contributed by atoms with Gasteiger partial charge >= 0.3 is 0 Å². The van der Waals surface area contributed by atoms with Crippen molar-refractivity contribution >= 4 is 17.5 Å². The molecule has 1 atom stereocenters. The van der Waals surface area contributed by atoms with E-state index in [4.69, 9.17) is 14.2 Å². The molecule has 0 saturated heterocycles. The molecule has 1 unspecified atom stereocenters. The van der Waals surface area contributed by atoms with E-state index in [1.165, 1.54) is 0 Å². The highest BCUT2D eigenvalue weighted by Gasteiger charge is 2.39. The van der Waals surface area contributed by atoms with Gasteiger partial charge in [-0.2, -0.15) is 0 Å². The van der Waals surface area contributed by atoms with Gasteiger partial charge in [-0.05, 0) is 50.3 Å². The number of carbonyl (C=O) groups excluding carboxylic acids is 3. The van der Waals surface area contributed by atoms with Crippen LogP contribution >= 0.6 is 0 Å². The molecule has 0 aromatic heterocycles. The van der Waals surface area contributed by atoms with E-state index in [9.17, 15) is 14.4 Å². The first-order valence-electron chi connectivity index (χ1n) is 11.4. The molecular weight excluding hydrogens is 436 g/mol. The lowest BCUT2D eigenvalue weighted by molar-refractivity contribution is -0.133. The number of carbonyl (C=O) groups is 3. The minimum Gasteiger partial charge on any atom is -0.493 e. The molecule has 2 aromatic rings. The number of amides is 1. The molecule has 2 aromatic carbocycles. The van der Waals surface area contributed by atoms with E-state index < -0.39 is 6.04 Å². The van der Waals surface area contributed by atoms with Crippen molar-refractivity contribution in [3.8, 4) is 17.2 Å². The van der Waals surface area contributed by atoms with Crippen molar-refractivity contribution in [1.29, 1.82) is 0 Å². The zero-order valence-electron chi connectivity index (χ0n) is 19.8. The van der Waals surface area contributed by atoms with Crippen LogP contribution in [0.1, 0.15) is 40.7 Å². The van der Waals surface area contributed by atoms with Crippen LogP contribution in [0.3, 0.4) is 0 Å². The van der Waals surface area contributed by atoms with Crippen molar-refractivity contribution in [2.45, 2.75) is 38.5 Å². The number of methoxy groups -OCH3 is 1. The van der Waals surface area contributed by atoms with Crippen molar-refractivity contribution < 1.29 is 28.6 Å². The first-order chi connectivity index (χ1) is 16.4. The maximum atomic E-state index is 13.0. The first-order valence-corrected chi connectivity index (χ1v) is 11.4. The fourth-order valence-electron chi connectivity index (χ4n) is 4.32. The summed E-state index contributed by atoms with van der Waals surface area (Å²) in [5.41, 5.74) is 2.22. The summed E-state index contributed by atoms with van der Waals surface area (Å²) >= 11 is 0. The maximum absolute atomic E-state index is 13.0. The Morgan fingerprint density at radius 3 is 2.59 bits per heavy atom. The molecule has 8 heteroatoms. The summed E-state index contributed by atoms with van der Waals surface area (Å²) in [7, 11) is 5.57. The number of hydrogen-bond donors (Lipinski definition) is 0. The Morgan fingerprint density at radius 1 is 1.03 bits per heavy atom. The van der Waals surface area contributed by atoms with Gasteiger partial charge in [0, 0.05) is 24.1 Å². The van der Waals surface area contributed by atoms with Gasteiger partial charge in [-0.3, -0.25) is 14.4 Å². The molecule has 1 amide bonds. The molecule has 180 valence electrons. The number of fused-ring (bicyclic) bond motifs is 1. The number of ketones is 2. The minimum atomic E-state index is -0.547. The van der Waals surface area contributed by atoms with Gasteiger partial charge in [-0.15, -0.1) is 0 Å². The summed E-state index contributed by atoms with van der Waals surface area (Å²) in [6, 6.07) is 10.5. The summed E-state index contributed by atoms with van der Waals surface area (Å²) < 4.78 is 17.4. The second-order valence-electron chi connectivity index (χ2n) is 8.88. The van der Waals surface area contributed by atoms with Crippen LogP contribution in [0.2, 0.25) is 0 Å². The Morgan fingerprint density at radius 2 is 1.85 bits per heavy atom. The van der Waals surface area contributed by atoms with E-state index in [2.05, 4.69) is 0 Å². The predicted octanol–water partition coefficient (Wildman–Crippen LogP) is 2.86. The summed E-state index contributed by atoms with van der Waals surface area (Å²) in [6.45, 7) is 1.90. The van der Waals surface area contributed by atoms with Gasteiger partial charge in [-0.25, -0.2) is 0 Å². The van der Waals surface area contributed by atoms with Crippen LogP contribution in [0, 0.1) is 0 Å². The number of nitrogens with zero attached hydrogens (tertiary/aromatic N) is 2. The van der Waals surface area contributed by atoms with Crippen LogP contribution in [0.4, 0.5) is 0 Å². The van der Waals surface area contributed by atoms with Crippen LogP contribution in [0.15, 0.2) is 36.4 Å². The molecule has 8 nitrogen and oxygen atoms in total. The third-order valence-corrected chi connectivity index (χ3v) is 6.19. The molecule has 0 bridgehead atoms. The van der Waals surface area contributed by atoms with Gasteiger partial charge in [-0.1, -0.05) is 12.1 Å². The number of ether oxygens (including phenoxy) is 3. The van der Waals surface area contributed by atoms with E-state index in [1.807, 2.05) is 43.3 Å². The molecule has 34 heavy (non-hydrogen) atoms. The van der Waals surface area contributed by atoms with Crippen LogP contribution in [-0.2, 0) is 22.7 Å². The topological polar surface area (TPSA) is 85.4 Å². The van der Waals surface area contributed by atoms with Crippen LogP contribution in [0.25, 0.3) is 0 Å². The summed E-state index contributed by atoms with van der Waals surface area (Å²) in [5, 5.41) is 0. The quantitative estimate of drug-likeness (QED) is 0.526. The van der Waals surface area contributed by atoms with Gasteiger partial charge in [0.1, 0.15) is 24.7 Å². The molecule has 0 radical (unpaired) electrons. The van der Waals surface area contributed by atoms with Crippen molar-refractivity contribution in [3.63, 3.8) is 0 Å². The summed E-state index contributed by atoms with van der Waals surface area (Å²) in [4.78, 5) is 40.6. The number of hydrogen-bond acceptors (Lipinski definition) is 7. The molecule has 1 heterocycles. The van der Waals surface area contributed by atoms with Crippen molar-refractivity contribution in [3.05, 3.63) is 53.1 Å². The van der Waals surface area contributed by atoms with E-state index in [-0.39, 0.29) is 30.5 Å². The highest BCUT2D eigenvalue weighted by molar-refractivity contribution is 6.07. The van der Waals surface area contributed by atoms with Gasteiger partial charge in [0.15, 0.2) is 17.3 Å². The molecular formula is C26H30N2O6. The number of Topliss-reactive ketones (excluding diaryl/α,β-unsaturated/α-hetero) is 2. The van der Waals surface area contributed by atoms with Gasteiger partial charge < -0.3 is 24.0 Å². The van der Waals surface area contributed by atoms with Crippen molar-refractivity contribution in [2.75, 3.05) is 34.4 Å². The molecule has 1 aliphatic heterocycles. The Kier molecular flexibility index (Phi) is 7.17. The SMILES string of the molecule is COc1ccc(COc2cccc3c2CN(C2CCC(=O)CC2=O)C3=O)cc1OCCN(C)C. The van der Waals surface area contributed by atoms with Gasteiger partial charge in [0.25, 0.3) is 5.91 Å². The largest absolute Gasteiger partial charge is 0.493 e. The standard InChI is InChI=1S/C26H30N2O6/c1-27(2)11-12-33-25-13-17(7-10-24(25)32-3)16-34-23-6-4-5-19-20(23)15-28(26(19)31)21-9-8-18(29)14-22(21)30/h4-7,10,13,21H,8-9,11-12,14-16H2,1-3H3. The highest BCUT2D eigenvalue weighted by Crippen LogP contribution is 2.35. The monoisotopic (exact) mass is 466 g/mol. The fourth-order valence-corrected chi connectivity index (χ4v) is 4.32. The van der Waals surface area contributed by atoms with E-state index >= 15 is 0 Å². The molecule has 1 aliphatic carbocycles. The minimum absolute atomic E-state index is 0.0565. The van der Waals surface area contributed by atoms with Gasteiger partial charge in [0.05, 0.1) is 26.1 Å². The van der Waals surface area contributed by atoms with E-state index in [1.54, 1.807) is 24.1 Å². The van der Waals surface area contributed by atoms with Crippen LogP contribution in [0.5, 0.6) is 17.2 Å². The first kappa shape index (κ1) is 23.8. The average molecular weight is 467 g/mol. The van der Waals surface area contributed by atoms with E-state index in [0.29, 0.717) is 48.8 Å². The number of benzene rings is 2. The fraction of sp³-hybridized carbons (Fsp3) is 0.423. The Balaban J connectivity index is 1.46. The lowest BCUT2D eigenvalue weighted by atomic mass is 9.92. The Hall–Kier alpha value is -3.39. The molecule has 2 aliphatic rings. The molecule has 1 saturated carbocycles. The molecule has 0 N–H and O–H groups in total. The molecule has 4 rings (SSSR count). The third kappa shape index (κ3) is 5.07. The summed E-state index contributed by atoms with van der Waals surface area (Å²) in [6.07, 6.45) is 0.622. The third-order valence-electron chi connectivity index (χ3n) is 6.19. The second-order valence-corrected chi connectivity index (χ2v) is 8.88. The number of likely N-dealkylation sites (N-methyl/N-ethyl adjacent to an activating group) is 1. The Bertz CT molecular complexity index is 1100. The Labute approximate surface area is 199 Å². The van der Waals surface area contributed by atoms with Crippen molar-refractivity contribution in [1.82, 2.24) is 9.80 Å². The second kappa shape index (κ2) is 10.3. The summed E-state index contributed by atoms with van der Waals surface area (Å²) in [5.74, 6) is 1.49. The molecule has 0 spiro atoms. The number of rotatable bonds is 9. The zero-order chi connectivity index (χ0) is 24.2. The average Bonchev–Trinajstić information content (AvgIpc) is 3.14. The predicted molar refractivity (Wildman–Crippen MR) is 125 cm³/mol. The lowest BCUT2D eigenvalue weighted by Gasteiger charge is -2.29. The smallest absolute Gasteiger partial charge is 0.255 e. The van der Waals surface area contributed by atoms with Crippen LogP contribution in [-0.4, -0.2) is 67.7 Å². The van der Waals surface area contributed by atoms with Crippen molar-refractivity contribution in [2.24, 2.45) is 0 Å². The van der Waals surface area contributed by atoms with Crippen LogP contribution < -0.4 is 14.2 Å². The zero-order valence-corrected chi connectivity index (χ0v) is 19.8.